The van der Waals surface area contributed by atoms with Crippen LogP contribution in [0.25, 0.3) is 0 Å². The zero-order chi connectivity index (χ0) is 23.8. The van der Waals surface area contributed by atoms with Gasteiger partial charge in [0.1, 0.15) is 0 Å². The van der Waals surface area contributed by atoms with E-state index in [1.54, 1.807) is 24.3 Å². The first-order chi connectivity index (χ1) is 16.6. The fourth-order valence-electron chi connectivity index (χ4n) is 4.36. The molecular formula is C28H32N4O2. The molecule has 0 aliphatic carbocycles. The summed E-state index contributed by atoms with van der Waals surface area (Å²) in [7, 11) is 1.76. The van der Waals surface area contributed by atoms with E-state index in [4.69, 9.17) is 0 Å². The summed E-state index contributed by atoms with van der Waals surface area (Å²) in [4.78, 5) is 33.7. The minimum absolute atomic E-state index is 0.0359. The number of hydrogen-bond donors (Lipinski definition) is 1. The fraction of sp³-hybridized carbons (Fsp3) is 0.321. The largest absolute Gasteiger partial charge is 0.352 e. The van der Waals surface area contributed by atoms with Crippen LogP contribution in [-0.4, -0.2) is 54.9 Å². The number of pyridine rings is 1. The standard InChI is InChI=1S/C28H32N4O2/c1-31(26-11-14-29-15-12-26)28(34)25-10-5-8-23(21-25)19-22-7-4-9-24(20-22)27(33)30-13-6-18-32-16-2-3-17-32/h4-5,7-12,14-15,20-21H,2-3,6,13,16-19H2,1H3,(H,30,33). The molecule has 0 atom stereocenters. The molecule has 1 N–H and O–H groups in total. The van der Waals surface area contributed by atoms with Crippen molar-refractivity contribution in [3.63, 3.8) is 0 Å². The maximum absolute atomic E-state index is 13.0. The molecule has 1 aliphatic rings. The number of benzene rings is 2. The molecule has 0 bridgehead atoms. The molecule has 6 nitrogen and oxygen atoms in total. The minimum atomic E-state index is -0.0740. The van der Waals surface area contributed by atoms with Crippen LogP contribution >= 0.6 is 0 Å². The van der Waals surface area contributed by atoms with Crippen molar-refractivity contribution in [2.75, 3.05) is 38.1 Å². The van der Waals surface area contributed by atoms with Crippen molar-refractivity contribution in [3.8, 4) is 0 Å². The molecule has 1 fully saturated rings. The molecule has 4 rings (SSSR count). The molecule has 2 amide bonds. The van der Waals surface area contributed by atoms with Crippen molar-refractivity contribution in [1.82, 2.24) is 15.2 Å². The molecule has 1 saturated heterocycles. The lowest BCUT2D eigenvalue weighted by molar-refractivity contribution is 0.0950. The van der Waals surface area contributed by atoms with Crippen molar-refractivity contribution in [2.24, 2.45) is 0 Å². The summed E-state index contributed by atoms with van der Waals surface area (Å²) in [6.07, 6.45) is 7.55. The molecule has 2 aromatic carbocycles. The highest BCUT2D eigenvalue weighted by molar-refractivity contribution is 6.05. The van der Waals surface area contributed by atoms with E-state index >= 15 is 0 Å². The summed E-state index contributed by atoms with van der Waals surface area (Å²) in [5.41, 5.74) is 4.16. The smallest absolute Gasteiger partial charge is 0.258 e. The van der Waals surface area contributed by atoms with Crippen LogP contribution in [0, 0.1) is 0 Å². The lowest BCUT2D eigenvalue weighted by Crippen LogP contribution is -2.28. The van der Waals surface area contributed by atoms with E-state index in [1.807, 2.05) is 60.7 Å². The average Bonchev–Trinajstić information content (AvgIpc) is 3.40. The minimum Gasteiger partial charge on any atom is -0.352 e. The molecule has 176 valence electrons. The van der Waals surface area contributed by atoms with E-state index in [2.05, 4.69) is 15.2 Å². The Kier molecular flexibility index (Phi) is 8.04. The summed E-state index contributed by atoms with van der Waals surface area (Å²) >= 11 is 0. The van der Waals surface area contributed by atoms with Crippen LogP contribution in [0.3, 0.4) is 0 Å². The van der Waals surface area contributed by atoms with Gasteiger partial charge in [0.15, 0.2) is 0 Å². The monoisotopic (exact) mass is 456 g/mol. The highest BCUT2D eigenvalue weighted by atomic mass is 16.2. The molecule has 0 spiro atoms. The van der Waals surface area contributed by atoms with Crippen molar-refractivity contribution >= 4 is 17.5 Å². The SMILES string of the molecule is CN(C(=O)c1cccc(Cc2cccc(C(=O)NCCCN3CCCC3)c2)c1)c1ccncc1. The first-order valence-electron chi connectivity index (χ1n) is 12.0. The number of nitrogens with zero attached hydrogens (tertiary/aromatic N) is 3. The number of aromatic nitrogens is 1. The highest BCUT2D eigenvalue weighted by Gasteiger charge is 2.14. The summed E-state index contributed by atoms with van der Waals surface area (Å²) in [5, 5.41) is 3.05. The van der Waals surface area contributed by atoms with Crippen LogP contribution in [0.2, 0.25) is 0 Å². The number of hydrogen-bond acceptors (Lipinski definition) is 4. The maximum Gasteiger partial charge on any atom is 0.258 e. The lowest BCUT2D eigenvalue weighted by Gasteiger charge is -2.17. The van der Waals surface area contributed by atoms with E-state index in [0.717, 1.165) is 29.8 Å². The molecular weight excluding hydrogens is 424 g/mol. The molecule has 0 unspecified atom stereocenters. The third-order valence-electron chi connectivity index (χ3n) is 6.26. The van der Waals surface area contributed by atoms with Gasteiger partial charge in [-0.2, -0.15) is 0 Å². The normalized spacial score (nSPS) is 13.6. The summed E-state index contributed by atoms with van der Waals surface area (Å²) < 4.78 is 0. The number of rotatable bonds is 9. The first kappa shape index (κ1) is 23.6. The number of likely N-dealkylation sites (tertiary alicyclic amines) is 1. The Balaban J connectivity index is 1.35. The van der Waals surface area contributed by atoms with E-state index < -0.39 is 0 Å². The van der Waals surface area contributed by atoms with Crippen molar-refractivity contribution in [2.45, 2.75) is 25.7 Å². The van der Waals surface area contributed by atoms with Crippen LogP contribution in [0.4, 0.5) is 5.69 Å². The van der Waals surface area contributed by atoms with Crippen LogP contribution in [0.15, 0.2) is 73.1 Å². The second-order valence-corrected chi connectivity index (χ2v) is 8.81. The molecule has 0 radical (unpaired) electrons. The van der Waals surface area contributed by atoms with Crippen molar-refractivity contribution < 1.29 is 9.59 Å². The summed E-state index contributed by atoms with van der Waals surface area (Å²) in [6, 6.07) is 19.0. The van der Waals surface area contributed by atoms with Crippen molar-refractivity contribution in [1.29, 1.82) is 0 Å². The van der Waals surface area contributed by atoms with Gasteiger partial charge in [0, 0.05) is 42.8 Å². The number of nitrogens with one attached hydrogen (secondary N) is 1. The topological polar surface area (TPSA) is 65.5 Å². The Labute approximate surface area is 201 Å². The first-order valence-corrected chi connectivity index (χ1v) is 12.0. The Morgan fingerprint density at radius 3 is 2.29 bits per heavy atom. The van der Waals surface area contributed by atoms with Crippen LogP contribution < -0.4 is 10.2 Å². The second kappa shape index (κ2) is 11.6. The molecule has 6 heteroatoms. The third kappa shape index (κ3) is 6.29. The fourth-order valence-corrected chi connectivity index (χ4v) is 4.36. The zero-order valence-electron chi connectivity index (χ0n) is 19.7. The van der Waals surface area contributed by atoms with Gasteiger partial charge in [-0.25, -0.2) is 0 Å². The number of amides is 2. The highest BCUT2D eigenvalue weighted by Crippen LogP contribution is 2.17. The van der Waals surface area contributed by atoms with E-state index in [0.29, 0.717) is 24.1 Å². The van der Waals surface area contributed by atoms with E-state index in [9.17, 15) is 9.59 Å². The molecule has 1 aliphatic heterocycles. The van der Waals surface area contributed by atoms with Crippen LogP contribution in [0.1, 0.15) is 51.1 Å². The van der Waals surface area contributed by atoms with Crippen LogP contribution in [-0.2, 0) is 6.42 Å². The summed E-state index contributed by atoms with van der Waals surface area (Å²) in [6.45, 7) is 4.10. The zero-order valence-corrected chi connectivity index (χ0v) is 19.7. The van der Waals surface area contributed by atoms with Gasteiger partial charge in [-0.1, -0.05) is 24.3 Å². The van der Waals surface area contributed by atoms with E-state index in [1.165, 1.54) is 25.9 Å². The van der Waals surface area contributed by atoms with Gasteiger partial charge in [0.05, 0.1) is 0 Å². The van der Waals surface area contributed by atoms with Gasteiger partial charge < -0.3 is 15.1 Å². The Morgan fingerprint density at radius 2 is 1.59 bits per heavy atom. The lowest BCUT2D eigenvalue weighted by atomic mass is 10.0. The molecule has 34 heavy (non-hydrogen) atoms. The van der Waals surface area contributed by atoms with Gasteiger partial charge in [0.2, 0.25) is 0 Å². The van der Waals surface area contributed by atoms with Gasteiger partial charge in [-0.15, -0.1) is 0 Å². The average molecular weight is 457 g/mol. The number of carbonyl (C=O) groups excluding carboxylic acids is 2. The quantitative estimate of drug-likeness (QED) is 0.491. The molecule has 2 heterocycles. The second-order valence-electron chi connectivity index (χ2n) is 8.81. The predicted octanol–water partition coefficient (Wildman–Crippen LogP) is 4.16. The van der Waals surface area contributed by atoms with Crippen LogP contribution in [0.5, 0.6) is 0 Å². The molecule has 0 saturated carbocycles. The Morgan fingerprint density at radius 1 is 0.941 bits per heavy atom. The van der Waals surface area contributed by atoms with Crippen molar-refractivity contribution in [3.05, 3.63) is 95.3 Å². The van der Waals surface area contributed by atoms with E-state index in [-0.39, 0.29) is 11.8 Å². The molecule has 1 aromatic heterocycles. The number of carbonyl (C=O) groups is 2. The Bertz CT molecular complexity index is 1110. The third-order valence-corrected chi connectivity index (χ3v) is 6.26. The van der Waals surface area contributed by atoms with Gasteiger partial charge in [-0.05, 0) is 92.8 Å². The van der Waals surface area contributed by atoms with Gasteiger partial charge in [0.25, 0.3) is 11.8 Å². The molecule has 3 aromatic rings. The van der Waals surface area contributed by atoms with Gasteiger partial charge in [-0.3, -0.25) is 14.6 Å². The van der Waals surface area contributed by atoms with Gasteiger partial charge >= 0.3 is 0 Å². The predicted molar refractivity (Wildman–Crippen MR) is 135 cm³/mol. The maximum atomic E-state index is 13.0. The Hall–Kier alpha value is -3.51. The summed E-state index contributed by atoms with van der Waals surface area (Å²) in [5.74, 6) is -0.110. The number of anilines is 1.